The second-order valence-corrected chi connectivity index (χ2v) is 14.0. The first kappa shape index (κ1) is 29.5. The lowest BCUT2D eigenvalue weighted by molar-refractivity contribution is 0.673. The van der Waals surface area contributed by atoms with E-state index in [4.69, 9.17) is 4.42 Å². The van der Waals surface area contributed by atoms with Gasteiger partial charge in [-0.1, -0.05) is 133 Å². The summed E-state index contributed by atoms with van der Waals surface area (Å²) in [6.45, 7) is 0. The summed E-state index contributed by atoms with van der Waals surface area (Å²) in [4.78, 5) is 2.37. The van der Waals surface area contributed by atoms with Gasteiger partial charge < -0.3 is 9.32 Å². The molecule has 0 bridgehead atoms. The predicted molar refractivity (Wildman–Crippen MR) is 218 cm³/mol. The molecule has 0 atom stereocenters. The highest BCUT2D eigenvalue weighted by molar-refractivity contribution is 7.26. The van der Waals surface area contributed by atoms with E-state index in [0.29, 0.717) is 0 Å². The maximum Gasteiger partial charge on any atom is 0.144 e. The van der Waals surface area contributed by atoms with Crippen molar-refractivity contribution in [3.8, 4) is 33.4 Å². The zero-order chi connectivity index (χ0) is 33.7. The van der Waals surface area contributed by atoms with Crippen LogP contribution >= 0.6 is 11.3 Å². The molecule has 0 aliphatic rings. The van der Waals surface area contributed by atoms with Crippen molar-refractivity contribution < 1.29 is 4.42 Å². The molecule has 0 fully saturated rings. The zero-order valence-corrected chi connectivity index (χ0v) is 28.5. The summed E-state index contributed by atoms with van der Waals surface area (Å²) in [5.41, 5.74) is 12.4. The second-order valence-electron chi connectivity index (χ2n) is 12.9. The van der Waals surface area contributed by atoms with E-state index < -0.39 is 0 Å². The number of nitrogens with zero attached hydrogens (tertiary/aromatic N) is 1. The van der Waals surface area contributed by atoms with Crippen LogP contribution in [0.3, 0.4) is 0 Å². The first-order chi connectivity index (χ1) is 25.3. The molecule has 240 valence electrons. The Hall–Kier alpha value is -6.42. The number of hydrogen-bond donors (Lipinski definition) is 0. The third kappa shape index (κ3) is 5.01. The Kier molecular flexibility index (Phi) is 7.04. The molecule has 51 heavy (non-hydrogen) atoms. The van der Waals surface area contributed by atoms with Crippen LogP contribution in [0.2, 0.25) is 0 Å². The Morgan fingerprint density at radius 1 is 0.373 bits per heavy atom. The van der Waals surface area contributed by atoms with Gasteiger partial charge in [-0.15, -0.1) is 11.3 Å². The van der Waals surface area contributed by atoms with Crippen LogP contribution < -0.4 is 4.90 Å². The topological polar surface area (TPSA) is 16.4 Å². The first-order valence-corrected chi connectivity index (χ1v) is 18.1. The molecule has 2 nitrogen and oxygen atoms in total. The number of fused-ring (bicyclic) bond motifs is 7. The van der Waals surface area contributed by atoms with Gasteiger partial charge in [-0.05, 0) is 82.4 Å². The van der Waals surface area contributed by atoms with Crippen LogP contribution in [-0.4, -0.2) is 0 Å². The van der Waals surface area contributed by atoms with Gasteiger partial charge in [0.15, 0.2) is 0 Å². The van der Waals surface area contributed by atoms with Gasteiger partial charge in [-0.25, -0.2) is 0 Å². The molecule has 0 saturated carbocycles. The van der Waals surface area contributed by atoms with Gasteiger partial charge in [-0.2, -0.15) is 0 Å². The maximum absolute atomic E-state index is 6.56. The van der Waals surface area contributed by atoms with E-state index in [1.54, 1.807) is 0 Å². The van der Waals surface area contributed by atoms with E-state index in [2.05, 4.69) is 187 Å². The molecule has 2 aromatic heterocycles. The summed E-state index contributed by atoms with van der Waals surface area (Å²) in [7, 11) is 0. The van der Waals surface area contributed by atoms with Crippen LogP contribution in [0.15, 0.2) is 192 Å². The molecule has 0 amide bonds. The SMILES string of the molecule is c1ccc(-c2ccc(N(c3ccc(-c4cccc5sc6ccc7c8ccccc8oc7c6c45)cc3)c3ccccc3-c3ccccc3)cc2)cc1. The fourth-order valence-corrected chi connectivity index (χ4v) is 8.64. The molecule has 0 spiro atoms. The average Bonchev–Trinajstić information content (AvgIpc) is 3.78. The van der Waals surface area contributed by atoms with Crippen molar-refractivity contribution in [3.05, 3.63) is 188 Å². The van der Waals surface area contributed by atoms with Gasteiger partial charge in [-0.3, -0.25) is 0 Å². The fraction of sp³-hybridized carbons (Fsp3) is 0. The maximum atomic E-state index is 6.56. The monoisotopic (exact) mass is 669 g/mol. The van der Waals surface area contributed by atoms with Crippen LogP contribution in [-0.2, 0) is 0 Å². The Labute approximate surface area is 300 Å². The van der Waals surface area contributed by atoms with Crippen LogP contribution in [0, 0.1) is 0 Å². The summed E-state index contributed by atoms with van der Waals surface area (Å²) in [6, 6.07) is 67.3. The molecular formula is C48H31NOS. The number of anilines is 3. The first-order valence-electron chi connectivity index (χ1n) is 17.3. The molecule has 0 unspecified atom stereocenters. The quantitative estimate of drug-likeness (QED) is 0.175. The molecule has 0 N–H and O–H groups in total. The standard InChI is InChI=1S/C48H31NOS/c1-3-12-32(13-4-1)33-22-26-36(27-23-33)49(42-19-9-7-16-38(42)34-14-5-2-6-15-34)37-28-24-35(25-29-37)39-18-11-21-44-46(39)47-45(51-44)31-30-41-40-17-8-10-20-43(40)50-48(41)47/h1-31H. The molecule has 10 rings (SSSR count). The van der Waals surface area contributed by atoms with Crippen LogP contribution in [0.25, 0.3) is 75.5 Å². The molecule has 8 aromatic carbocycles. The highest BCUT2D eigenvalue weighted by Gasteiger charge is 2.20. The lowest BCUT2D eigenvalue weighted by Crippen LogP contribution is -2.11. The zero-order valence-electron chi connectivity index (χ0n) is 27.7. The fourth-order valence-electron chi connectivity index (χ4n) is 7.51. The number of benzene rings is 8. The highest BCUT2D eigenvalue weighted by atomic mass is 32.1. The van der Waals surface area contributed by atoms with Crippen molar-refractivity contribution in [1.82, 2.24) is 0 Å². The Bertz CT molecular complexity index is 2830. The van der Waals surface area contributed by atoms with Crippen molar-refractivity contribution in [1.29, 1.82) is 0 Å². The number of furan rings is 1. The van der Waals surface area contributed by atoms with Crippen molar-refractivity contribution in [3.63, 3.8) is 0 Å². The van der Waals surface area contributed by atoms with Crippen LogP contribution in [0.1, 0.15) is 0 Å². The normalized spacial score (nSPS) is 11.5. The third-order valence-electron chi connectivity index (χ3n) is 9.90. The van der Waals surface area contributed by atoms with Gasteiger partial charge in [0.05, 0.1) is 5.69 Å². The van der Waals surface area contributed by atoms with Gasteiger partial charge in [0, 0.05) is 47.9 Å². The van der Waals surface area contributed by atoms with E-state index in [0.717, 1.165) is 39.0 Å². The summed E-state index contributed by atoms with van der Waals surface area (Å²) < 4.78 is 9.06. The van der Waals surface area contributed by atoms with Crippen molar-refractivity contribution >= 4 is 70.5 Å². The van der Waals surface area contributed by atoms with Crippen LogP contribution in [0.4, 0.5) is 17.1 Å². The van der Waals surface area contributed by atoms with Gasteiger partial charge in [0.2, 0.25) is 0 Å². The van der Waals surface area contributed by atoms with Gasteiger partial charge in [0.1, 0.15) is 11.2 Å². The van der Waals surface area contributed by atoms with E-state index >= 15 is 0 Å². The molecule has 0 saturated heterocycles. The molecule has 0 aliphatic heterocycles. The highest BCUT2D eigenvalue weighted by Crippen LogP contribution is 2.46. The predicted octanol–water partition coefficient (Wildman–Crippen LogP) is 14.4. The molecule has 2 heterocycles. The summed E-state index contributed by atoms with van der Waals surface area (Å²) in [6.07, 6.45) is 0. The molecule has 0 aliphatic carbocycles. The lowest BCUT2D eigenvalue weighted by Gasteiger charge is -2.28. The van der Waals surface area contributed by atoms with E-state index in [1.165, 1.54) is 53.6 Å². The molecule has 0 radical (unpaired) electrons. The average molecular weight is 670 g/mol. The van der Waals surface area contributed by atoms with Gasteiger partial charge >= 0.3 is 0 Å². The summed E-state index contributed by atoms with van der Waals surface area (Å²) >= 11 is 1.83. The Morgan fingerprint density at radius 3 is 1.71 bits per heavy atom. The largest absolute Gasteiger partial charge is 0.455 e. The van der Waals surface area contributed by atoms with Crippen molar-refractivity contribution in [2.24, 2.45) is 0 Å². The van der Waals surface area contributed by atoms with Crippen molar-refractivity contribution in [2.45, 2.75) is 0 Å². The summed E-state index contributed by atoms with van der Waals surface area (Å²) in [5, 5.41) is 4.76. The number of para-hydroxylation sites is 2. The number of thiophene rings is 1. The van der Waals surface area contributed by atoms with Crippen LogP contribution in [0.5, 0.6) is 0 Å². The summed E-state index contributed by atoms with van der Waals surface area (Å²) in [5.74, 6) is 0. The van der Waals surface area contributed by atoms with Gasteiger partial charge in [0.25, 0.3) is 0 Å². The minimum absolute atomic E-state index is 0.925. The van der Waals surface area contributed by atoms with E-state index in [9.17, 15) is 0 Å². The smallest absolute Gasteiger partial charge is 0.144 e. The minimum Gasteiger partial charge on any atom is -0.455 e. The van der Waals surface area contributed by atoms with Crippen molar-refractivity contribution in [2.75, 3.05) is 4.90 Å². The molecule has 10 aromatic rings. The van der Waals surface area contributed by atoms with E-state index in [-0.39, 0.29) is 0 Å². The Balaban J connectivity index is 1.13. The Morgan fingerprint density at radius 2 is 0.941 bits per heavy atom. The number of hydrogen-bond acceptors (Lipinski definition) is 3. The van der Waals surface area contributed by atoms with E-state index in [1.807, 2.05) is 17.4 Å². The minimum atomic E-state index is 0.925. The third-order valence-corrected chi connectivity index (χ3v) is 11.0. The molecular weight excluding hydrogens is 639 g/mol. The number of rotatable bonds is 6. The molecule has 3 heteroatoms. The second kappa shape index (κ2) is 12.2. The lowest BCUT2D eigenvalue weighted by atomic mass is 9.97.